The fraction of sp³-hybridized carbons (Fsp3) is 0.0909. The molecule has 0 heterocycles. The summed E-state index contributed by atoms with van der Waals surface area (Å²) in [7, 11) is -2.04. The van der Waals surface area contributed by atoms with Gasteiger partial charge in [-0.05, 0) is 35.4 Å². The summed E-state index contributed by atoms with van der Waals surface area (Å²) < 4.78 is 31.6. The predicted octanol–water partition coefficient (Wildman–Crippen LogP) is 4.92. The highest BCUT2D eigenvalue weighted by atomic mass is 32.2. The van der Waals surface area contributed by atoms with E-state index in [1.165, 1.54) is 0 Å². The molecule has 0 aliphatic heterocycles. The zero-order chi connectivity index (χ0) is 18.4. The van der Waals surface area contributed by atoms with Gasteiger partial charge in [0, 0.05) is 0 Å². The van der Waals surface area contributed by atoms with Crippen LogP contribution in [0, 0.1) is 0 Å². The molecule has 0 spiro atoms. The van der Waals surface area contributed by atoms with E-state index >= 15 is 0 Å². The van der Waals surface area contributed by atoms with Gasteiger partial charge >= 0.3 is 0 Å². The van der Waals surface area contributed by atoms with E-state index < -0.39 is 15.1 Å². The summed E-state index contributed by atoms with van der Waals surface area (Å²) >= 11 is 0. The molecule has 0 fully saturated rings. The van der Waals surface area contributed by atoms with E-state index in [1.54, 1.807) is 37.5 Å². The molecule has 0 saturated heterocycles. The Balaban J connectivity index is 2.03. The van der Waals surface area contributed by atoms with Crippen molar-refractivity contribution in [2.75, 3.05) is 7.11 Å². The minimum absolute atomic E-state index is 0.268. The zero-order valence-corrected chi connectivity index (χ0v) is 15.3. The molecular weight excluding hydrogens is 344 g/mol. The molecule has 1 atom stereocenters. The van der Waals surface area contributed by atoms with Gasteiger partial charge in [0.15, 0.2) is 9.84 Å². The molecule has 4 heteroatoms. The normalized spacial score (nSPS) is 12.8. The van der Waals surface area contributed by atoms with Crippen LogP contribution in [-0.4, -0.2) is 15.5 Å². The van der Waals surface area contributed by atoms with Gasteiger partial charge in [-0.3, -0.25) is 0 Å². The Morgan fingerprint density at radius 1 is 0.808 bits per heavy atom. The third-order valence-electron chi connectivity index (χ3n) is 4.11. The van der Waals surface area contributed by atoms with Crippen LogP contribution in [0.4, 0.5) is 0 Å². The smallest absolute Gasteiger partial charge is 0.188 e. The number of hydrogen-bond acceptors (Lipinski definition) is 3. The van der Waals surface area contributed by atoms with Gasteiger partial charge in [-0.15, -0.1) is 0 Å². The quantitative estimate of drug-likeness (QED) is 0.623. The summed E-state index contributed by atoms with van der Waals surface area (Å²) in [6.45, 7) is 0. The predicted molar refractivity (Wildman–Crippen MR) is 105 cm³/mol. The van der Waals surface area contributed by atoms with Gasteiger partial charge in [-0.2, -0.15) is 0 Å². The van der Waals surface area contributed by atoms with Gasteiger partial charge in [0.05, 0.1) is 12.0 Å². The summed E-state index contributed by atoms with van der Waals surface area (Å²) in [5.41, 5.74) is 1.69. The lowest BCUT2D eigenvalue weighted by Gasteiger charge is -2.15. The standard InChI is InChI=1S/C22H20O3S/c1-25-20-13-15-21(16-14-20)26(23,24)22(19-10-6-3-7-11-19)17-12-18-8-4-2-5-9-18/h2-17,22H,1H3/b17-12+. The van der Waals surface area contributed by atoms with E-state index in [0.717, 1.165) is 11.1 Å². The summed E-state index contributed by atoms with van der Waals surface area (Å²) in [5, 5.41) is -0.766. The first-order chi connectivity index (χ1) is 12.6. The van der Waals surface area contributed by atoms with Crippen LogP contribution < -0.4 is 4.74 Å². The second-order valence-corrected chi connectivity index (χ2v) is 7.89. The van der Waals surface area contributed by atoms with Crippen molar-refractivity contribution in [3.05, 3.63) is 102 Å². The van der Waals surface area contributed by atoms with E-state index in [-0.39, 0.29) is 4.90 Å². The Morgan fingerprint density at radius 2 is 1.38 bits per heavy atom. The van der Waals surface area contributed by atoms with E-state index in [0.29, 0.717) is 5.75 Å². The van der Waals surface area contributed by atoms with E-state index in [1.807, 2.05) is 66.7 Å². The molecule has 0 amide bonds. The van der Waals surface area contributed by atoms with Crippen LogP contribution in [0.1, 0.15) is 16.4 Å². The minimum atomic E-state index is -3.59. The van der Waals surface area contributed by atoms with Crippen LogP contribution in [0.5, 0.6) is 5.75 Å². The SMILES string of the molecule is COc1ccc(S(=O)(=O)C(/C=C/c2ccccc2)c2ccccc2)cc1. The molecule has 3 rings (SSSR count). The number of sulfone groups is 1. The van der Waals surface area contributed by atoms with Crippen molar-refractivity contribution in [1.82, 2.24) is 0 Å². The Bertz CT molecular complexity index is 961. The molecule has 3 nitrogen and oxygen atoms in total. The molecule has 0 N–H and O–H groups in total. The number of rotatable bonds is 6. The third kappa shape index (κ3) is 4.03. The molecule has 1 unspecified atom stereocenters. The number of benzene rings is 3. The highest BCUT2D eigenvalue weighted by Gasteiger charge is 2.26. The summed E-state index contributed by atoms with van der Waals surface area (Å²) in [4.78, 5) is 0.268. The lowest BCUT2D eigenvalue weighted by molar-refractivity contribution is 0.414. The maximum absolute atomic E-state index is 13.3. The molecule has 26 heavy (non-hydrogen) atoms. The van der Waals surface area contributed by atoms with Crippen molar-refractivity contribution < 1.29 is 13.2 Å². The number of methoxy groups -OCH3 is 1. The van der Waals surface area contributed by atoms with Crippen molar-refractivity contribution in [2.45, 2.75) is 10.1 Å². The maximum Gasteiger partial charge on any atom is 0.188 e. The first-order valence-electron chi connectivity index (χ1n) is 8.27. The van der Waals surface area contributed by atoms with Crippen molar-refractivity contribution in [1.29, 1.82) is 0 Å². The molecular formula is C22H20O3S. The molecule has 0 radical (unpaired) electrons. The number of hydrogen-bond donors (Lipinski definition) is 0. The van der Waals surface area contributed by atoms with Gasteiger partial charge in [0.25, 0.3) is 0 Å². The van der Waals surface area contributed by atoms with Gasteiger partial charge in [-0.25, -0.2) is 8.42 Å². The van der Waals surface area contributed by atoms with Crippen LogP contribution in [0.2, 0.25) is 0 Å². The molecule has 0 bridgehead atoms. The van der Waals surface area contributed by atoms with Crippen molar-refractivity contribution in [3.8, 4) is 5.75 Å². The van der Waals surface area contributed by atoms with E-state index in [9.17, 15) is 8.42 Å². The largest absolute Gasteiger partial charge is 0.497 e. The van der Waals surface area contributed by atoms with Crippen molar-refractivity contribution in [2.24, 2.45) is 0 Å². The Hall–Kier alpha value is -2.85. The molecule has 132 valence electrons. The van der Waals surface area contributed by atoms with Gasteiger partial charge in [0.1, 0.15) is 11.0 Å². The van der Waals surface area contributed by atoms with Crippen LogP contribution in [0.3, 0.4) is 0 Å². The van der Waals surface area contributed by atoms with Crippen LogP contribution in [0.25, 0.3) is 6.08 Å². The second-order valence-electron chi connectivity index (χ2n) is 5.82. The lowest BCUT2D eigenvalue weighted by Crippen LogP contribution is -2.12. The van der Waals surface area contributed by atoms with Crippen molar-refractivity contribution in [3.63, 3.8) is 0 Å². The summed E-state index contributed by atoms with van der Waals surface area (Å²) in [6.07, 6.45) is 3.59. The topological polar surface area (TPSA) is 43.4 Å². The molecule has 3 aromatic rings. The van der Waals surface area contributed by atoms with Gasteiger partial charge < -0.3 is 4.74 Å². The molecule has 0 aliphatic rings. The van der Waals surface area contributed by atoms with E-state index in [4.69, 9.17) is 4.74 Å². The summed E-state index contributed by atoms with van der Waals surface area (Å²) in [5.74, 6) is 0.625. The molecule has 0 saturated carbocycles. The Labute approximate surface area is 154 Å². The van der Waals surface area contributed by atoms with Crippen LogP contribution in [0.15, 0.2) is 95.9 Å². The fourth-order valence-corrected chi connectivity index (χ4v) is 4.32. The molecule has 0 aromatic heterocycles. The van der Waals surface area contributed by atoms with Crippen LogP contribution >= 0.6 is 0 Å². The monoisotopic (exact) mass is 364 g/mol. The molecule has 0 aliphatic carbocycles. The van der Waals surface area contributed by atoms with Gasteiger partial charge in [0.2, 0.25) is 0 Å². The maximum atomic E-state index is 13.3. The summed E-state index contributed by atoms with van der Waals surface area (Å²) in [6, 6.07) is 25.4. The van der Waals surface area contributed by atoms with E-state index in [2.05, 4.69) is 0 Å². The zero-order valence-electron chi connectivity index (χ0n) is 14.4. The Kier molecular flexibility index (Phi) is 5.54. The average molecular weight is 364 g/mol. The fourth-order valence-electron chi connectivity index (χ4n) is 2.71. The third-order valence-corrected chi connectivity index (χ3v) is 6.14. The second kappa shape index (κ2) is 8.02. The molecule has 3 aromatic carbocycles. The minimum Gasteiger partial charge on any atom is -0.497 e. The van der Waals surface area contributed by atoms with Crippen molar-refractivity contribution >= 4 is 15.9 Å². The van der Waals surface area contributed by atoms with Crippen LogP contribution in [-0.2, 0) is 9.84 Å². The highest BCUT2D eigenvalue weighted by Crippen LogP contribution is 2.31. The average Bonchev–Trinajstić information content (AvgIpc) is 2.69. The highest BCUT2D eigenvalue weighted by molar-refractivity contribution is 7.91. The first kappa shape index (κ1) is 18.0. The first-order valence-corrected chi connectivity index (χ1v) is 9.82. The van der Waals surface area contributed by atoms with Gasteiger partial charge in [-0.1, -0.05) is 72.8 Å². The number of ether oxygens (including phenoxy) is 1. The lowest BCUT2D eigenvalue weighted by atomic mass is 10.1. The Morgan fingerprint density at radius 3 is 1.96 bits per heavy atom.